The molecule has 0 radical (unpaired) electrons. The molecule has 0 aliphatic rings. The number of nitrogens with one attached hydrogen (secondary N) is 2. The maximum Gasteiger partial charge on any atom is 0.287 e. The SMILES string of the molecule is O=C(NCc1cn[nH]c1)c1ccco1. The molecule has 5 nitrogen and oxygen atoms in total. The summed E-state index contributed by atoms with van der Waals surface area (Å²) in [4.78, 5) is 11.4. The number of hydrogen-bond acceptors (Lipinski definition) is 3. The monoisotopic (exact) mass is 191 g/mol. The van der Waals surface area contributed by atoms with Gasteiger partial charge in [0.05, 0.1) is 12.5 Å². The summed E-state index contributed by atoms with van der Waals surface area (Å²) in [5.74, 6) is 0.0877. The fourth-order valence-corrected chi connectivity index (χ4v) is 1.05. The van der Waals surface area contributed by atoms with Crippen LogP contribution in [0.3, 0.4) is 0 Å². The first-order valence-electron chi connectivity index (χ1n) is 4.15. The van der Waals surface area contributed by atoms with Crippen molar-refractivity contribution in [3.63, 3.8) is 0 Å². The van der Waals surface area contributed by atoms with Crippen molar-refractivity contribution < 1.29 is 9.21 Å². The number of furan rings is 1. The lowest BCUT2D eigenvalue weighted by Crippen LogP contribution is -2.21. The van der Waals surface area contributed by atoms with Crippen LogP contribution >= 0.6 is 0 Å². The Morgan fingerprint density at radius 3 is 3.21 bits per heavy atom. The zero-order chi connectivity index (χ0) is 9.80. The summed E-state index contributed by atoms with van der Waals surface area (Å²) in [6, 6.07) is 3.29. The summed E-state index contributed by atoms with van der Waals surface area (Å²) in [6.45, 7) is 0.441. The van der Waals surface area contributed by atoms with Crippen LogP contribution in [0.1, 0.15) is 16.1 Å². The Hall–Kier alpha value is -2.04. The molecular formula is C9H9N3O2. The van der Waals surface area contributed by atoms with Crippen LogP contribution in [0.15, 0.2) is 35.2 Å². The second-order valence-corrected chi connectivity index (χ2v) is 2.77. The zero-order valence-corrected chi connectivity index (χ0v) is 7.36. The van der Waals surface area contributed by atoms with E-state index in [1.165, 1.54) is 6.26 Å². The number of aromatic nitrogens is 2. The van der Waals surface area contributed by atoms with Crippen molar-refractivity contribution in [2.24, 2.45) is 0 Å². The minimum Gasteiger partial charge on any atom is -0.459 e. The highest BCUT2D eigenvalue weighted by atomic mass is 16.3. The van der Waals surface area contributed by atoms with E-state index in [1.54, 1.807) is 24.5 Å². The normalized spacial score (nSPS) is 10.0. The van der Waals surface area contributed by atoms with Gasteiger partial charge in [-0.1, -0.05) is 0 Å². The molecular weight excluding hydrogens is 182 g/mol. The highest BCUT2D eigenvalue weighted by Gasteiger charge is 2.07. The number of carbonyl (C=O) groups excluding carboxylic acids is 1. The summed E-state index contributed by atoms with van der Waals surface area (Å²) in [5.41, 5.74) is 0.921. The summed E-state index contributed by atoms with van der Waals surface area (Å²) < 4.78 is 4.93. The maximum atomic E-state index is 11.4. The van der Waals surface area contributed by atoms with Gasteiger partial charge in [0.25, 0.3) is 5.91 Å². The number of nitrogens with zero attached hydrogens (tertiary/aromatic N) is 1. The molecule has 0 unspecified atom stereocenters. The first-order valence-corrected chi connectivity index (χ1v) is 4.15. The number of amides is 1. The second kappa shape index (κ2) is 3.78. The van der Waals surface area contributed by atoms with Crippen molar-refractivity contribution in [2.45, 2.75) is 6.54 Å². The molecule has 72 valence electrons. The van der Waals surface area contributed by atoms with E-state index in [1.807, 2.05) is 0 Å². The van der Waals surface area contributed by atoms with E-state index in [-0.39, 0.29) is 5.91 Å². The van der Waals surface area contributed by atoms with Crippen molar-refractivity contribution >= 4 is 5.91 Å². The zero-order valence-electron chi connectivity index (χ0n) is 7.36. The largest absolute Gasteiger partial charge is 0.459 e. The molecule has 2 aromatic heterocycles. The minimum atomic E-state index is -0.226. The summed E-state index contributed by atoms with van der Waals surface area (Å²) in [7, 11) is 0. The number of H-pyrrole nitrogens is 1. The van der Waals surface area contributed by atoms with Gasteiger partial charge >= 0.3 is 0 Å². The van der Waals surface area contributed by atoms with Gasteiger partial charge in [0, 0.05) is 18.3 Å². The smallest absolute Gasteiger partial charge is 0.287 e. The Kier molecular flexibility index (Phi) is 2.31. The number of aromatic amines is 1. The second-order valence-electron chi connectivity index (χ2n) is 2.77. The molecule has 0 fully saturated rings. The first kappa shape index (κ1) is 8.55. The third-order valence-electron chi connectivity index (χ3n) is 1.75. The van der Waals surface area contributed by atoms with Crippen LogP contribution in [0, 0.1) is 0 Å². The average Bonchev–Trinajstić information content (AvgIpc) is 2.87. The number of rotatable bonds is 3. The predicted octanol–water partition coefficient (Wildman–Crippen LogP) is 0.933. The fourth-order valence-electron chi connectivity index (χ4n) is 1.05. The molecule has 0 spiro atoms. The topological polar surface area (TPSA) is 70.9 Å². The van der Waals surface area contributed by atoms with E-state index in [0.29, 0.717) is 12.3 Å². The molecule has 1 amide bonds. The van der Waals surface area contributed by atoms with Crippen LogP contribution in [-0.2, 0) is 6.54 Å². The van der Waals surface area contributed by atoms with E-state index in [0.717, 1.165) is 5.56 Å². The average molecular weight is 191 g/mol. The van der Waals surface area contributed by atoms with Gasteiger partial charge in [-0.3, -0.25) is 9.89 Å². The molecule has 0 bridgehead atoms. The molecule has 2 heterocycles. The van der Waals surface area contributed by atoms with Crippen molar-refractivity contribution in [2.75, 3.05) is 0 Å². The van der Waals surface area contributed by atoms with Gasteiger partial charge in [-0.25, -0.2) is 0 Å². The quantitative estimate of drug-likeness (QED) is 0.758. The molecule has 2 aromatic rings. The van der Waals surface area contributed by atoms with Gasteiger partial charge in [-0.15, -0.1) is 0 Å². The lowest BCUT2D eigenvalue weighted by atomic mass is 10.3. The Morgan fingerprint density at radius 2 is 2.57 bits per heavy atom. The first-order chi connectivity index (χ1) is 6.86. The molecule has 5 heteroatoms. The van der Waals surface area contributed by atoms with Crippen molar-refractivity contribution in [3.8, 4) is 0 Å². The van der Waals surface area contributed by atoms with Crippen LogP contribution in [0.2, 0.25) is 0 Å². The lowest BCUT2D eigenvalue weighted by molar-refractivity contribution is 0.0923. The van der Waals surface area contributed by atoms with E-state index < -0.39 is 0 Å². The minimum absolute atomic E-state index is 0.226. The highest BCUT2D eigenvalue weighted by Crippen LogP contribution is 2.00. The molecule has 0 saturated heterocycles. The van der Waals surface area contributed by atoms with Crippen LogP contribution in [0.25, 0.3) is 0 Å². The third-order valence-corrected chi connectivity index (χ3v) is 1.75. The standard InChI is InChI=1S/C9H9N3O2/c13-9(8-2-1-3-14-8)10-4-7-5-11-12-6-7/h1-3,5-6H,4H2,(H,10,13)(H,11,12). The van der Waals surface area contributed by atoms with Crippen molar-refractivity contribution in [1.29, 1.82) is 0 Å². The van der Waals surface area contributed by atoms with Crippen molar-refractivity contribution in [1.82, 2.24) is 15.5 Å². The van der Waals surface area contributed by atoms with Gasteiger partial charge in [0.1, 0.15) is 0 Å². The Balaban J connectivity index is 1.90. The van der Waals surface area contributed by atoms with Gasteiger partial charge in [0.15, 0.2) is 5.76 Å². The van der Waals surface area contributed by atoms with Gasteiger partial charge in [0.2, 0.25) is 0 Å². The van der Waals surface area contributed by atoms with Gasteiger partial charge in [-0.05, 0) is 12.1 Å². The number of carbonyl (C=O) groups is 1. The Morgan fingerprint density at radius 1 is 1.64 bits per heavy atom. The van der Waals surface area contributed by atoms with E-state index in [9.17, 15) is 4.79 Å². The van der Waals surface area contributed by atoms with Crippen LogP contribution in [0.5, 0.6) is 0 Å². The summed E-state index contributed by atoms with van der Waals surface area (Å²) in [5, 5.41) is 9.12. The van der Waals surface area contributed by atoms with Crippen LogP contribution in [0.4, 0.5) is 0 Å². The highest BCUT2D eigenvalue weighted by molar-refractivity contribution is 5.91. The molecule has 14 heavy (non-hydrogen) atoms. The Bertz CT molecular complexity index is 392. The molecule has 0 aromatic carbocycles. The molecule has 0 saturated carbocycles. The Labute approximate surface area is 80.1 Å². The van der Waals surface area contributed by atoms with E-state index in [2.05, 4.69) is 15.5 Å². The molecule has 2 N–H and O–H groups in total. The van der Waals surface area contributed by atoms with Gasteiger partial charge < -0.3 is 9.73 Å². The van der Waals surface area contributed by atoms with Gasteiger partial charge in [-0.2, -0.15) is 5.10 Å². The predicted molar refractivity (Wildman–Crippen MR) is 48.5 cm³/mol. The van der Waals surface area contributed by atoms with Crippen LogP contribution < -0.4 is 5.32 Å². The summed E-state index contributed by atoms with van der Waals surface area (Å²) in [6.07, 6.45) is 4.84. The molecule has 0 aliphatic heterocycles. The maximum absolute atomic E-state index is 11.4. The fraction of sp³-hybridized carbons (Fsp3) is 0.111. The summed E-state index contributed by atoms with van der Waals surface area (Å²) >= 11 is 0. The van der Waals surface area contributed by atoms with E-state index >= 15 is 0 Å². The van der Waals surface area contributed by atoms with Crippen LogP contribution in [-0.4, -0.2) is 16.1 Å². The molecule has 0 aliphatic carbocycles. The van der Waals surface area contributed by atoms with E-state index in [4.69, 9.17) is 4.42 Å². The molecule has 0 atom stereocenters. The molecule has 2 rings (SSSR count). The lowest BCUT2D eigenvalue weighted by Gasteiger charge is -1.99. The van der Waals surface area contributed by atoms with Crippen molar-refractivity contribution in [3.05, 3.63) is 42.1 Å². The third kappa shape index (κ3) is 1.82. The number of hydrogen-bond donors (Lipinski definition) is 2.